The summed E-state index contributed by atoms with van der Waals surface area (Å²) in [5.74, 6) is -1.38. The molecule has 3 rings (SSSR count). The molecule has 1 aromatic carbocycles. The van der Waals surface area contributed by atoms with Crippen LogP contribution in [0.5, 0.6) is 0 Å². The molecular weight excluding hydrogens is 366 g/mol. The highest BCUT2D eigenvalue weighted by Crippen LogP contribution is 2.39. The summed E-state index contributed by atoms with van der Waals surface area (Å²) in [7, 11) is 0. The van der Waals surface area contributed by atoms with Gasteiger partial charge in [-0.2, -0.15) is 0 Å². The molecule has 0 spiro atoms. The van der Waals surface area contributed by atoms with Gasteiger partial charge in [0, 0.05) is 31.0 Å². The number of hydrogen-bond donors (Lipinski definition) is 1. The van der Waals surface area contributed by atoms with Gasteiger partial charge in [0.15, 0.2) is 0 Å². The second-order valence-corrected chi connectivity index (χ2v) is 7.17. The summed E-state index contributed by atoms with van der Waals surface area (Å²) in [6.07, 6.45) is 3.10. The Balaban J connectivity index is 2.07. The summed E-state index contributed by atoms with van der Waals surface area (Å²) < 4.78 is 0. The number of aliphatic hydroxyl groups is 1. The lowest BCUT2D eigenvalue weighted by Gasteiger charge is -2.28. The number of carbonyl (C=O) groups is 2. The van der Waals surface area contributed by atoms with E-state index >= 15 is 0 Å². The number of likely N-dealkylation sites (N-methyl/N-ethyl adjacent to an activating group) is 1. The molecule has 2 aromatic rings. The Morgan fingerprint density at radius 3 is 2.28 bits per heavy atom. The van der Waals surface area contributed by atoms with Crippen molar-refractivity contribution in [3.05, 3.63) is 71.1 Å². The third-order valence-electron chi connectivity index (χ3n) is 5.44. The molecule has 1 aliphatic heterocycles. The average Bonchev–Trinajstić information content (AvgIpc) is 3.00. The van der Waals surface area contributed by atoms with Crippen LogP contribution in [-0.4, -0.2) is 57.8 Å². The molecular formula is C23H27N3O3. The van der Waals surface area contributed by atoms with Crippen LogP contribution < -0.4 is 0 Å². The standard InChI is InChI=1S/C23H27N3O3/c1-4-25(5-2)14-15-26-20(17-8-6-16(3)7-9-17)19(22(28)23(26)29)21(27)18-10-12-24-13-11-18/h6-13,20,27H,4-5,14-15H2,1-3H3. The Kier molecular flexibility index (Phi) is 6.44. The zero-order valence-electron chi connectivity index (χ0n) is 17.1. The number of carbonyl (C=O) groups excluding carboxylic acids is 2. The quantitative estimate of drug-likeness (QED) is 0.444. The molecule has 1 atom stereocenters. The first-order valence-corrected chi connectivity index (χ1v) is 9.95. The molecule has 6 nitrogen and oxygen atoms in total. The normalized spacial score (nSPS) is 18.6. The smallest absolute Gasteiger partial charge is 0.295 e. The number of aliphatic hydroxyl groups excluding tert-OH is 1. The number of amides is 1. The van der Waals surface area contributed by atoms with E-state index in [-0.39, 0.29) is 11.3 Å². The van der Waals surface area contributed by atoms with Crippen molar-refractivity contribution >= 4 is 17.4 Å². The fourth-order valence-electron chi connectivity index (χ4n) is 3.66. The monoisotopic (exact) mass is 393 g/mol. The minimum atomic E-state index is -0.649. The van der Waals surface area contributed by atoms with Crippen LogP contribution in [-0.2, 0) is 9.59 Å². The van der Waals surface area contributed by atoms with Crippen molar-refractivity contribution in [3.8, 4) is 0 Å². The number of ketones is 1. The van der Waals surface area contributed by atoms with Gasteiger partial charge in [-0.15, -0.1) is 0 Å². The van der Waals surface area contributed by atoms with Crippen LogP contribution in [0.1, 0.15) is 36.6 Å². The summed E-state index contributed by atoms with van der Waals surface area (Å²) in [6, 6.07) is 10.4. The molecule has 1 aliphatic rings. The maximum atomic E-state index is 12.9. The average molecular weight is 393 g/mol. The van der Waals surface area contributed by atoms with E-state index in [0.29, 0.717) is 18.7 Å². The van der Waals surface area contributed by atoms with Gasteiger partial charge < -0.3 is 14.9 Å². The van der Waals surface area contributed by atoms with Gasteiger partial charge in [0.05, 0.1) is 11.6 Å². The minimum absolute atomic E-state index is 0.129. The highest BCUT2D eigenvalue weighted by Gasteiger charge is 2.45. The Morgan fingerprint density at radius 2 is 1.69 bits per heavy atom. The molecule has 1 N–H and O–H groups in total. The molecule has 0 saturated carbocycles. The largest absolute Gasteiger partial charge is 0.507 e. The van der Waals surface area contributed by atoms with Crippen LogP contribution in [0.25, 0.3) is 5.76 Å². The number of benzene rings is 1. The van der Waals surface area contributed by atoms with Crippen LogP contribution in [0.4, 0.5) is 0 Å². The number of Topliss-reactive ketones (excluding diaryl/α,β-unsaturated/α-hetero) is 1. The van der Waals surface area contributed by atoms with Crippen molar-refractivity contribution in [2.45, 2.75) is 26.8 Å². The van der Waals surface area contributed by atoms with Crippen molar-refractivity contribution < 1.29 is 14.7 Å². The van der Waals surface area contributed by atoms with Crippen molar-refractivity contribution in [3.63, 3.8) is 0 Å². The number of aryl methyl sites for hydroxylation is 1. The molecule has 0 radical (unpaired) electrons. The predicted molar refractivity (Wildman–Crippen MR) is 112 cm³/mol. The number of rotatable bonds is 7. The van der Waals surface area contributed by atoms with Gasteiger partial charge in [-0.3, -0.25) is 14.6 Å². The second-order valence-electron chi connectivity index (χ2n) is 7.17. The summed E-state index contributed by atoms with van der Waals surface area (Å²) in [6.45, 7) is 8.93. The number of nitrogens with zero attached hydrogens (tertiary/aromatic N) is 3. The maximum Gasteiger partial charge on any atom is 0.295 e. The number of aromatic nitrogens is 1. The van der Waals surface area contributed by atoms with Crippen LogP contribution in [0.2, 0.25) is 0 Å². The van der Waals surface area contributed by atoms with E-state index in [2.05, 4.69) is 23.7 Å². The van der Waals surface area contributed by atoms with Crippen LogP contribution in [0.15, 0.2) is 54.4 Å². The fraction of sp³-hybridized carbons (Fsp3) is 0.348. The first-order chi connectivity index (χ1) is 14.0. The van der Waals surface area contributed by atoms with Crippen LogP contribution in [0.3, 0.4) is 0 Å². The van der Waals surface area contributed by atoms with Crippen molar-refractivity contribution in [2.75, 3.05) is 26.2 Å². The topological polar surface area (TPSA) is 73.7 Å². The van der Waals surface area contributed by atoms with Gasteiger partial charge in [0.1, 0.15) is 5.76 Å². The fourth-order valence-corrected chi connectivity index (χ4v) is 3.66. The number of hydrogen-bond acceptors (Lipinski definition) is 5. The van der Waals surface area contributed by atoms with Gasteiger partial charge in [-0.1, -0.05) is 43.7 Å². The highest BCUT2D eigenvalue weighted by atomic mass is 16.3. The minimum Gasteiger partial charge on any atom is -0.507 e. The molecule has 1 amide bonds. The highest BCUT2D eigenvalue weighted by molar-refractivity contribution is 6.46. The molecule has 0 bridgehead atoms. The zero-order valence-corrected chi connectivity index (χ0v) is 17.1. The molecule has 1 saturated heterocycles. The van der Waals surface area contributed by atoms with Gasteiger partial charge >= 0.3 is 0 Å². The van der Waals surface area contributed by atoms with E-state index < -0.39 is 17.7 Å². The van der Waals surface area contributed by atoms with Gasteiger partial charge in [-0.05, 0) is 37.7 Å². The lowest BCUT2D eigenvalue weighted by molar-refractivity contribution is -0.140. The molecule has 29 heavy (non-hydrogen) atoms. The lowest BCUT2D eigenvalue weighted by atomic mass is 9.95. The zero-order chi connectivity index (χ0) is 21.0. The van der Waals surface area contributed by atoms with Gasteiger partial charge in [-0.25, -0.2) is 0 Å². The van der Waals surface area contributed by atoms with E-state index in [4.69, 9.17) is 0 Å². The molecule has 0 aliphatic carbocycles. The van der Waals surface area contributed by atoms with E-state index in [9.17, 15) is 14.7 Å². The van der Waals surface area contributed by atoms with Crippen molar-refractivity contribution in [1.82, 2.24) is 14.8 Å². The van der Waals surface area contributed by atoms with Gasteiger partial charge in [0.25, 0.3) is 11.7 Å². The Labute approximate surface area is 171 Å². The Bertz CT molecular complexity index is 903. The molecule has 1 fully saturated rings. The molecule has 2 heterocycles. The third kappa shape index (κ3) is 4.22. The Hall–Kier alpha value is -2.99. The SMILES string of the molecule is CCN(CC)CCN1C(=O)C(=O)C(=C(O)c2ccncc2)C1c1ccc(C)cc1. The van der Waals surface area contributed by atoms with E-state index in [1.807, 2.05) is 31.2 Å². The van der Waals surface area contributed by atoms with Crippen LogP contribution in [0, 0.1) is 6.92 Å². The summed E-state index contributed by atoms with van der Waals surface area (Å²) in [5.41, 5.74) is 2.50. The van der Waals surface area contributed by atoms with Crippen LogP contribution >= 0.6 is 0 Å². The van der Waals surface area contributed by atoms with E-state index in [0.717, 1.165) is 24.2 Å². The molecule has 152 valence electrons. The summed E-state index contributed by atoms with van der Waals surface area (Å²) >= 11 is 0. The van der Waals surface area contributed by atoms with Crippen molar-refractivity contribution in [1.29, 1.82) is 0 Å². The molecule has 1 aromatic heterocycles. The first-order valence-electron chi connectivity index (χ1n) is 9.95. The Morgan fingerprint density at radius 1 is 1.07 bits per heavy atom. The van der Waals surface area contributed by atoms with Crippen molar-refractivity contribution in [2.24, 2.45) is 0 Å². The van der Waals surface area contributed by atoms with Gasteiger partial charge in [0.2, 0.25) is 0 Å². The predicted octanol–water partition coefficient (Wildman–Crippen LogP) is 3.15. The molecule has 6 heteroatoms. The lowest BCUT2D eigenvalue weighted by Crippen LogP contribution is -2.38. The van der Waals surface area contributed by atoms with E-state index in [1.165, 1.54) is 0 Å². The number of pyridine rings is 1. The third-order valence-corrected chi connectivity index (χ3v) is 5.44. The summed E-state index contributed by atoms with van der Waals surface area (Å²) in [4.78, 5) is 33.6. The second kappa shape index (κ2) is 9.01. The summed E-state index contributed by atoms with van der Waals surface area (Å²) in [5, 5.41) is 10.9. The maximum absolute atomic E-state index is 12.9. The molecule has 1 unspecified atom stereocenters. The number of likely N-dealkylation sites (tertiary alicyclic amines) is 1. The first kappa shape index (κ1) is 20.7. The van der Waals surface area contributed by atoms with E-state index in [1.54, 1.807) is 29.4 Å².